The number of alkyl halides is 1. The number of aromatic nitrogens is 1. The number of rotatable bonds is 7. The molecule has 1 rings (SSSR count). The van der Waals surface area contributed by atoms with E-state index in [-0.39, 0.29) is 0 Å². The van der Waals surface area contributed by atoms with Gasteiger partial charge in [0.1, 0.15) is 5.82 Å². The highest BCUT2D eigenvalue weighted by molar-refractivity contribution is 6.17. The van der Waals surface area contributed by atoms with E-state index in [1.807, 2.05) is 6.92 Å². The Morgan fingerprint density at radius 3 is 2.58 bits per heavy atom. The van der Waals surface area contributed by atoms with Crippen molar-refractivity contribution in [3.8, 4) is 0 Å². The molecule has 0 unspecified atom stereocenters. The number of nitrogens with zero attached hydrogens (tertiary/aromatic N) is 2. The number of hydrogen-bond donors (Lipinski definition) is 0. The van der Waals surface area contributed by atoms with Crippen molar-refractivity contribution in [1.29, 1.82) is 0 Å². The largest absolute Gasteiger partial charge is 0.383 e. The summed E-state index contributed by atoms with van der Waals surface area (Å²) in [6.07, 6.45) is 0. The average molecular weight is 285 g/mol. The van der Waals surface area contributed by atoms with Crippen LogP contribution < -0.4 is 4.90 Å². The molecule has 0 atom stereocenters. The number of aryl methyl sites for hydroxylation is 2. The fraction of sp³-hybridized carbons (Fsp3) is 0.667. The van der Waals surface area contributed by atoms with Crippen molar-refractivity contribution < 1.29 is 4.74 Å². The average Bonchev–Trinajstić information content (AvgIpc) is 2.33. The molecule has 1 heterocycles. The second kappa shape index (κ2) is 7.71. The quantitative estimate of drug-likeness (QED) is 0.716. The maximum atomic E-state index is 6.11. The summed E-state index contributed by atoms with van der Waals surface area (Å²) < 4.78 is 5.21. The van der Waals surface area contributed by atoms with Crippen LogP contribution in [0.25, 0.3) is 0 Å². The smallest absolute Gasteiger partial charge is 0.133 e. The Labute approximate surface area is 121 Å². The fourth-order valence-corrected chi connectivity index (χ4v) is 2.53. The van der Waals surface area contributed by atoms with Crippen molar-refractivity contribution >= 4 is 17.4 Å². The lowest BCUT2D eigenvalue weighted by Gasteiger charge is -2.28. The van der Waals surface area contributed by atoms with Crippen LogP contribution in [0, 0.1) is 19.8 Å². The van der Waals surface area contributed by atoms with Crippen molar-refractivity contribution in [2.75, 3.05) is 31.7 Å². The molecule has 108 valence electrons. The summed E-state index contributed by atoms with van der Waals surface area (Å²) in [6, 6.07) is 2.09. The number of hydrogen-bond acceptors (Lipinski definition) is 3. The maximum absolute atomic E-state index is 6.11. The number of methoxy groups -OCH3 is 1. The lowest BCUT2D eigenvalue weighted by molar-refractivity contribution is 0.204. The Balaban J connectivity index is 3.11. The standard InChI is InChI=1S/C15H25ClN2O/c1-11(2)10-18(6-7-19-5)15-14(9-16)12(3)8-13(4)17-15/h8,11H,6-7,9-10H2,1-5H3. The van der Waals surface area contributed by atoms with Crippen molar-refractivity contribution in [3.05, 3.63) is 22.9 Å². The van der Waals surface area contributed by atoms with Gasteiger partial charge < -0.3 is 9.64 Å². The van der Waals surface area contributed by atoms with Crippen molar-refractivity contribution in [2.45, 2.75) is 33.6 Å². The third-order valence-electron chi connectivity index (χ3n) is 3.04. The molecule has 0 saturated heterocycles. The summed E-state index contributed by atoms with van der Waals surface area (Å²) in [6.45, 7) is 11.0. The first-order chi connectivity index (χ1) is 8.99. The van der Waals surface area contributed by atoms with Gasteiger partial charge in [0.2, 0.25) is 0 Å². The highest BCUT2D eigenvalue weighted by Crippen LogP contribution is 2.25. The molecule has 0 amide bonds. The molecule has 1 aromatic rings. The molecule has 0 bridgehead atoms. The monoisotopic (exact) mass is 284 g/mol. The Bertz CT molecular complexity index is 407. The lowest BCUT2D eigenvalue weighted by atomic mass is 10.1. The Morgan fingerprint density at radius 2 is 2.05 bits per heavy atom. The molecule has 0 aliphatic heterocycles. The van der Waals surface area contributed by atoms with Gasteiger partial charge in [0.25, 0.3) is 0 Å². The fourth-order valence-electron chi connectivity index (χ4n) is 2.20. The molecule has 0 saturated carbocycles. The third kappa shape index (κ3) is 4.66. The summed E-state index contributed by atoms with van der Waals surface area (Å²) in [5, 5.41) is 0. The predicted molar refractivity (Wildman–Crippen MR) is 82.2 cm³/mol. The van der Waals surface area contributed by atoms with Gasteiger partial charge in [-0.1, -0.05) is 13.8 Å². The summed E-state index contributed by atoms with van der Waals surface area (Å²) in [7, 11) is 1.73. The van der Waals surface area contributed by atoms with E-state index < -0.39 is 0 Å². The zero-order chi connectivity index (χ0) is 14.4. The molecule has 1 aromatic heterocycles. The van der Waals surface area contributed by atoms with Crippen molar-refractivity contribution in [2.24, 2.45) is 5.92 Å². The van der Waals surface area contributed by atoms with Crippen LogP contribution in [0.2, 0.25) is 0 Å². The van der Waals surface area contributed by atoms with Gasteiger partial charge in [-0.2, -0.15) is 0 Å². The molecule has 4 heteroatoms. The maximum Gasteiger partial charge on any atom is 0.133 e. The first kappa shape index (κ1) is 16.3. The van der Waals surface area contributed by atoms with Crippen LogP contribution in [-0.4, -0.2) is 31.8 Å². The van der Waals surface area contributed by atoms with Gasteiger partial charge in [0, 0.05) is 31.5 Å². The van der Waals surface area contributed by atoms with Crippen LogP contribution >= 0.6 is 11.6 Å². The molecular formula is C15H25ClN2O. The number of halogens is 1. The van der Waals surface area contributed by atoms with Crippen LogP contribution in [0.5, 0.6) is 0 Å². The van der Waals surface area contributed by atoms with Gasteiger partial charge in [-0.25, -0.2) is 4.98 Å². The number of pyridine rings is 1. The van der Waals surface area contributed by atoms with E-state index in [0.29, 0.717) is 18.4 Å². The molecule has 0 spiro atoms. The first-order valence-electron chi connectivity index (χ1n) is 6.76. The first-order valence-corrected chi connectivity index (χ1v) is 7.30. The molecule has 0 N–H and O–H groups in total. The van der Waals surface area contributed by atoms with Gasteiger partial charge in [-0.15, -0.1) is 11.6 Å². The molecule has 3 nitrogen and oxygen atoms in total. The minimum Gasteiger partial charge on any atom is -0.383 e. The van der Waals surface area contributed by atoms with Gasteiger partial charge in [-0.3, -0.25) is 0 Å². The van der Waals surface area contributed by atoms with Crippen LogP contribution in [0.1, 0.15) is 30.7 Å². The minimum atomic E-state index is 0.496. The second-order valence-electron chi connectivity index (χ2n) is 5.35. The van der Waals surface area contributed by atoms with Crippen LogP contribution in [0.3, 0.4) is 0 Å². The van der Waals surface area contributed by atoms with Gasteiger partial charge in [0.05, 0.1) is 12.5 Å². The number of ether oxygens (including phenoxy) is 1. The Kier molecular flexibility index (Phi) is 6.59. The highest BCUT2D eigenvalue weighted by atomic mass is 35.5. The molecule has 0 aromatic carbocycles. The van der Waals surface area contributed by atoms with E-state index in [1.165, 1.54) is 5.56 Å². The van der Waals surface area contributed by atoms with E-state index in [1.54, 1.807) is 7.11 Å². The third-order valence-corrected chi connectivity index (χ3v) is 3.30. The molecule has 0 aliphatic rings. The molecule has 0 fully saturated rings. The normalized spacial score (nSPS) is 11.1. The zero-order valence-corrected chi connectivity index (χ0v) is 13.4. The molecule has 0 aliphatic carbocycles. The summed E-state index contributed by atoms with van der Waals surface area (Å²) in [4.78, 5) is 6.98. The van der Waals surface area contributed by atoms with Crippen molar-refractivity contribution in [1.82, 2.24) is 4.98 Å². The van der Waals surface area contributed by atoms with Crippen LogP contribution in [0.4, 0.5) is 5.82 Å². The second-order valence-corrected chi connectivity index (χ2v) is 5.62. The van der Waals surface area contributed by atoms with Crippen molar-refractivity contribution in [3.63, 3.8) is 0 Å². The Hall–Kier alpha value is -0.800. The molecule has 0 radical (unpaired) electrons. The summed E-state index contributed by atoms with van der Waals surface area (Å²) >= 11 is 6.11. The summed E-state index contributed by atoms with van der Waals surface area (Å²) in [5.41, 5.74) is 3.38. The zero-order valence-electron chi connectivity index (χ0n) is 12.7. The SMILES string of the molecule is COCCN(CC(C)C)c1nc(C)cc(C)c1CCl. The number of anilines is 1. The topological polar surface area (TPSA) is 25.4 Å². The summed E-state index contributed by atoms with van der Waals surface area (Å²) in [5.74, 6) is 2.08. The molecular weight excluding hydrogens is 260 g/mol. The van der Waals surface area contributed by atoms with E-state index >= 15 is 0 Å². The Morgan fingerprint density at radius 1 is 1.37 bits per heavy atom. The van der Waals surface area contributed by atoms with Crippen LogP contribution in [0.15, 0.2) is 6.07 Å². The van der Waals surface area contributed by atoms with Crippen LogP contribution in [-0.2, 0) is 10.6 Å². The van der Waals surface area contributed by atoms with Gasteiger partial charge >= 0.3 is 0 Å². The van der Waals surface area contributed by atoms with Gasteiger partial charge in [-0.05, 0) is 31.4 Å². The minimum absolute atomic E-state index is 0.496. The molecule has 19 heavy (non-hydrogen) atoms. The predicted octanol–water partition coefficient (Wildman–Crippen LogP) is 3.55. The van der Waals surface area contributed by atoms with E-state index in [2.05, 4.69) is 31.7 Å². The highest BCUT2D eigenvalue weighted by Gasteiger charge is 2.16. The lowest BCUT2D eigenvalue weighted by Crippen LogP contribution is -2.32. The van der Waals surface area contributed by atoms with E-state index in [0.717, 1.165) is 30.2 Å². The van der Waals surface area contributed by atoms with Gasteiger partial charge in [0.15, 0.2) is 0 Å². The van der Waals surface area contributed by atoms with E-state index in [4.69, 9.17) is 21.3 Å². The van der Waals surface area contributed by atoms with E-state index in [9.17, 15) is 0 Å².